The molecule has 1 aromatic carbocycles. The molecule has 0 radical (unpaired) electrons. The predicted octanol–water partition coefficient (Wildman–Crippen LogP) is 4.30. The summed E-state index contributed by atoms with van der Waals surface area (Å²) in [5, 5.41) is 0. The van der Waals surface area contributed by atoms with Crippen LogP contribution in [0.25, 0.3) is 0 Å². The van der Waals surface area contributed by atoms with Crippen molar-refractivity contribution < 1.29 is 0 Å². The normalized spacial score (nSPS) is 32.6. The zero-order valence-electron chi connectivity index (χ0n) is 9.55. The highest BCUT2D eigenvalue weighted by molar-refractivity contribution is 6.51. The number of hydrogen-bond acceptors (Lipinski definition) is 0. The quantitative estimate of drug-likeness (QED) is 0.484. The molecule has 1 aromatic rings. The molecule has 0 saturated heterocycles. The minimum Gasteiger partial charge on any atom is -0.101 e. The Morgan fingerprint density at radius 2 is 1.35 bits per heavy atom. The first-order valence-electron chi connectivity index (χ1n) is 6.30. The van der Waals surface area contributed by atoms with Crippen molar-refractivity contribution in [2.24, 2.45) is 11.8 Å². The van der Waals surface area contributed by atoms with Crippen molar-refractivity contribution in [1.29, 1.82) is 0 Å². The van der Waals surface area contributed by atoms with Gasteiger partial charge in [-0.2, -0.15) is 0 Å². The maximum absolute atomic E-state index is 6.33. The van der Waals surface area contributed by atoms with E-state index < -0.39 is 4.33 Å². The molecule has 1 saturated carbocycles. The molecule has 0 amide bonds. The molecule has 88 valence electrons. The number of fused-ring (bicyclic) bond motifs is 2. The summed E-state index contributed by atoms with van der Waals surface area (Å²) < 4.78 is -0.427. The molecule has 17 heavy (non-hydrogen) atoms. The van der Waals surface area contributed by atoms with E-state index in [1.807, 2.05) is 0 Å². The SMILES string of the molecule is ClC1(Cl)C2CC3=C(Cc4ccccc4C3)CC21. The van der Waals surface area contributed by atoms with E-state index in [0.717, 1.165) is 25.7 Å². The molecule has 0 N–H and O–H groups in total. The second kappa shape index (κ2) is 3.30. The third-order valence-corrected chi connectivity index (χ3v) is 5.85. The zero-order valence-corrected chi connectivity index (χ0v) is 11.1. The number of rotatable bonds is 0. The summed E-state index contributed by atoms with van der Waals surface area (Å²) in [5.41, 5.74) is 6.24. The van der Waals surface area contributed by atoms with Gasteiger partial charge in [0.1, 0.15) is 4.33 Å². The highest BCUT2D eigenvalue weighted by atomic mass is 35.5. The fourth-order valence-corrected chi connectivity index (χ4v) is 4.38. The van der Waals surface area contributed by atoms with Gasteiger partial charge in [0.2, 0.25) is 0 Å². The monoisotopic (exact) mass is 264 g/mol. The van der Waals surface area contributed by atoms with Crippen molar-refractivity contribution in [3.63, 3.8) is 0 Å². The van der Waals surface area contributed by atoms with E-state index >= 15 is 0 Å². The van der Waals surface area contributed by atoms with Crippen LogP contribution in [0.2, 0.25) is 0 Å². The van der Waals surface area contributed by atoms with E-state index in [9.17, 15) is 0 Å². The first-order valence-corrected chi connectivity index (χ1v) is 7.06. The molecule has 4 rings (SSSR count). The van der Waals surface area contributed by atoms with E-state index in [2.05, 4.69) is 24.3 Å². The largest absolute Gasteiger partial charge is 0.125 e. The smallest absolute Gasteiger partial charge is 0.101 e. The number of halogens is 2. The third-order valence-electron chi connectivity index (χ3n) is 4.72. The minimum atomic E-state index is -0.427. The Bertz CT molecular complexity index is 482. The fourth-order valence-electron chi connectivity index (χ4n) is 3.59. The first kappa shape index (κ1) is 10.5. The second-order valence-corrected chi connectivity index (χ2v) is 7.07. The van der Waals surface area contributed by atoms with Gasteiger partial charge in [-0.3, -0.25) is 0 Å². The average molecular weight is 265 g/mol. The predicted molar refractivity (Wildman–Crippen MR) is 71.5 cm³/mol. The highest BCUT2D eigenvalue weighted by Gasteiger charge is 2.64. The number of benzene rings is 1. The zero-order chi connectivity index (χ0) is 11.6. The Balaban J connectivity index is 1.67. The molecule has 0 aromatic heterocycles. The summed E-state index contributed by atoms with van der Waals surface area (Å²) in [4.78, 5) is 0. The van der Waals surface area contributed by atoms with Crippen molar-refractivity contribution >= 4 is 23.2 Å². The average Bonchev–Trinajstić information content (AvgIpc) is 2.85. The molecule has 0 aliphatic heterocycles. The van der Waals surface area contributed by atoms with Gasteiger partial charge >= 0.3 is 0 Å². The van der Waals surface area contributed by atoms with Gasteiger partial charge in [0, 0.05) is 11.8 Å². The lowest BCUT2D eigenvalue weighted by molar-refractivity contribution is 0.606. The van der Waals surface area contributed by atoms with Crippen LogP contribution in [0.3, 0.4) is 0 Å². The summed E-state index contributed by atoms with van der Waals surface area (Å²) >= 11 is 12.7. The highest BCUT2D eigenvalue weighted by Crippen LogP contribution is 2.66. The van der Waals surface area contributed by atoms with Gasteiger partial charge in [-0.15, -0.1) is 23.2 Å². The molecule has 3 aliphatic rings. The van der Waals surface area contributed by atoms with Crippen LogP contribution in [0.5, 0.6) is 0 Å². The number of hydrogen-bond donors (Lipinski definition) is 0. The van der Waals surface area contributed by atoms with Crippen LogP contribution in [0, 0.1) is 11.8 Å². The summed E-state index contributed by atoms with van der Waals surface area (Å²) in [6, 6.07) is 8.79. The molecular formula is C15H14Cl2. The van der Waals surface area contributed by atoms with E-state index in [0.29, 0.717) is 11.8 Å². The number of allylic oxidation sites excluding steroid dienone is 2. The summed E-state index contributed by atoms with van der Waals surface area (Å²) in [7, 11) is 0. The van der Waals surface area contributed by atoms with Gasteiger partial charge in [-0.25, -0.2) is 0 Å². The van der Waals surface area contributed by atoms with E-state index in [1.54, 1.807) is 11.1 Å². The van der Waals surface area contributed by atoms with Gasteiger partial charge < -0.3 is 0 Å². The third kappa shape index (κ3) is 1.44. The van der Waals surface area contributed by atoms with Crippen LogP contribution < -0.4 is 0 Å². The number of alkyl halides is 2. The van der Waals surface area contributed by atoms with Gasteiger partial charge in [-0.1, -0.05) is 35.4 Å². The van der Waals surface area contributed by atoms with Crippen LogP contribution in [0.1, 0.15) is 24.0 Å². The molecule has 0 spiro atoms. The molecule has 2 unspecified atom stereocenters. The molecule has 3 aliphatic carbocycles. The Morgan fingerprint density at radius 1 is 0.882 bits per heavy atom. The van der Waals surface area contributed by atoms with Crippen molar-refractivity contribution in [3.8, 4) is 0 Å². The summed E-state index contributed by atoms with van der Waals surface area (Å²) in [6.07, 6.45) is 4.50. The van der Waals surface area contributed by atoms with E-state index in [1.165, 1.54) is 11.1 Å². The van der Waals surface area contributed by atoms with Gasteiger partial charge in [0.25, 0.3) is 0 Å². The molecule has 2 heteroatoms. The van der Waals surface area contributed by atoms with Crippen LogP contribution in [-0.2, 0) is 12.8 Å². The molecule has 2 atom stereocenters. The molecule has 0 bridgehead atoms. The van der Waals surface area contributed by atoms with Gasteiger partial charge in [0.15, 0.2) is 0 Å². The van der Waals surface area contributed by atoms with Crippen molar-refractivity contribution in [2.75, 3.05) is 0 Å². The Hall–Kier alpha value is -0.460. The van der Waals surface area contributed by atoms with Crippen LogP contribution in [0.15, 0.2) is 35.4 Å². The molecule has 0 nitrogen and oxygen atoms in total. The maximum atomic E-state index is 6.33. The van der Waals surface area contributed by atoms with Crippen molar-refractivity contribution in [2.45, 2.75) is 30.0 Å². The summed E-state index contributed by atoms with van der Waals surface area (Å²) in [6.45, 7) is 0. The van der Waals surface area contributed by atoms with Crippen molar-refractivity contribution in [3.05, 3.63) is 46.5 Å². The summed E-state index contributed by atoms with van der Waals surface area (Å²) in [5.74, 6) is 1.05. The maximum Gasteiger partial charge on any atom is 0.125 e. The molecular weight excluding hydrogens is 251 g/mol. The van der Waals surface area contributed by atoms with Gasteiger partial charge in [0.05, 0.1) is 0 Å². The van der Waals surface area contributed by atoms with Crippen LogP contribution >= 0.6 is 23.2 Å². The second-order valence-electron chi connectivity index (χ2n) is 5.63. The Morgan fingerprint density at radius 3 is 1.82 bits per heavy atom. The van der Waals surface area contributed by atoms with E-state index in [4.69, 9.17) is 23.2 Å². The lowest BCUT2D eigenvalue weighted by atomic mass is 9.79. The lowest BCUT2D eigenvalue weighted by Gasteiger charge is -2.26. The molecule has 0 heterocycles. The molecule has 1 fully saturated rings. The van der Waals surface area contributed by atoms with Crippen LogP contribution in [0.4, 0.5) is 0 Å². The minimum absolute atomic E-state index is 0.427. The fraction of sp³-hybridized carbons (Fsp3) is 0.467. The van der Waals surface area contributed by atoms with Crippen LogP contribution in [-0.4, -0.2) is 4.33 Å². The lowest BCUT2D eigenvalue weighted by Crippen LogP contribution is -2.13. The first-order chi connectivity index (χ1) is 8.16. The van der Waals surface area contributed by atoms with Gasteiger partial charge in [-0.05, 0) is 36.8 Å². The standard InChI is InChI=1S/C15H14Cl2/c16-15(17)13-7-11-5-9-3-1-2-4-10(9)6-12(11)8-14(13)15/h1-4,13-14H,5-8H2. The Kier molecular flexibility index (Phi) is 2.03. The Labute approximate surface area is 112 Å². The van der Waals surface area contributed by atoms with E-state index in [-0.39, 0.29) is 0 Å². The topological polar surface area (TPSA) is 0 Å². The van der Waals surface area contributed by atoms with Crippen molar-refractivity contribution in [1.82, 2.24) is 0 Å².